The number of hydrogen-bond acceptors (Lipinski definition) is 4. The molecule has 0 spiro atoms. The molecule has 0 fully saturated rings. The van der Waals surface area contributed by atoms with Crippen molar-refractivity contribution in [1.29, 1.82) is 5.26 Å². The van der Waals surface area contributed by atoms with Gasteiger partial charge in [0.25, 0.3) is 10.0 Å². The Balaban J connectivity index is 2.20. The van der Waals surface area contributed by atoms with Crippen LogP contribution < -0.4 is 10.0 Å². The number of aliphatic imine (C=N–C) groups is 1. The van der Waals surface area contributed by atoms with Crippen LogP contribution in [0, 0.1) is 23.0 Å². The van der Waals surface area contributed by atoms with Crippen molar-refractivity contribution in [3.8, 4) is 6.07 Å². The second-order valence-corrected chi connectivity index (χ2v) is 7.28. The predicted octanol–water partition coefficient (Wildman–Crippen LogP) is 2.70. The summed E-state index contributed by atoms with van der Waals surface area (Å²) in [6.07, 6.45) is 0. The number of guanidine groups is 1. The average Bonchev–Trinajstić information content (AvgIpc) is 2.59. The van der Waals surface area contributed by atoms with Crippen molar-refractivity contribution in [3.05, 3.63) is 59.2 Å². The number of halogens is 2. The van der Waals surface area contributed by atoms with Crippen LogP contribution in [0.15, 0.2) is 46.3 Å². The van der Waals surface area contributed by atoms with Crippen molar-refractivity contribution >= 4 is 21.7 Å². The van der Waals surface area contributed by atoms with Gasteiger partial charge < -0.3 is 5.32 Å². The van der Waals surface area contributed by atoms with Gasteiger partial charge in [0, 0.05) is 11.5 Å². The smallest absolute Gasteiger partial charge is 0.266 e. The van der Waals surface area contributed by atoms with E-state index >= 15 is 0 Å². The van der Waals surface area contributed by atoms with Gasteiger partial charge in [-0.2, -0.15) is 5.26 Å². The second kappa shape index (κ2) is 6.72. The van der Waals surface area contributed by atoms with E-state index in [9.17, 15) is 17.2 Å². The summed E-state index contributed by atoms with van der Waals surface area (Å²) in [6, 6.07) is 9.82. The molecule has 26 heavy (non-hydrogen) atoms. The Morgan fingerprint density at radius 2 is 1.92 bits per heavy atom. The van der Waals surface area contributed by atoms with Crippen LogP contribution in [0.2, 0.25) is 0 Å². The lowest BCUT2D eigenvalue weighted by atomic mass is 9.91. The van der Waals surface area contributed by atoms with E-state index in [1.165, 1.54) is 18.2 Å². The Kier molecular flexibility index (Phi) is 4.61. The molecular weight excluding hydrogens is 362 g/mol. The van der Waals surface area contributed by atoms with E-state index in [0.717, 1.165) is 12.1 Å². The van der Waals surface area contributed by atoms with Crippen LogP contribution in [0.5, 0.6) is 0 Å². The minimum atomic E-state index is -4.00. The van der Waals surface area contributed by atoms with Crippen molar-refractivity contribution in [2.75, 3.05) is 11.9 Å². The molecule has 6 nitrogen and oxygen atoms in total. The van der Waals surface area contributed by atoms with E-state index in [2.05, 4.69) is 15.0 Å². The van der Waals surface area contributed by atoms with Crippen molar-refractivity contribution in [3.63, 3.8) is 0 Å². The highest BCUT2D eigenvalue weighted by Gasteiger charge is 2.32. The minimum absolute atomic E-state index is 0.00216. The van der Waals surface area contributed by atoms with Crippen molar-refractivity contribution in [1.82, 2.24) is 4.72 Å². The summed E-state index contributed by atoms with van der Waals surface area (Å²) in [5.74, 6) is -2.15. The highest BCUT2D eigenvalue weighted by molar-refractivity contribution is 7.90. The first kappa shape index (κ1) is 17.8. The fourth-order valence-electron chi connectivity index (χ4n) is 2.84. The van der Waals surface area contributed by atoms with E-state index < -0.39 is 27.6 Å². The molecule has 2 N–H and O–H groups in total. The molecule has 0 aromatic heterocycles. The maximum absolute atomic E-state index is 14.6. The van der Waals surface area contributed by atoms with Crippen LogP contribution in [0.4, 0.5) is 14.5 Å². The quantitative estimate of drug-likeness (QED) is 0.806. The summed E-state index contributed by atoms with van der Waals surface area (Å²) in [7, 11) is -4.00. The van der Waals surface area contributed by atoms with Crippen LogP contribution in [0.1, 0.15) is 24.0 Å². The first-order valence-electron chi connectivity index (χ1n) is 7.63. The van der Waals surface area contributed by atoms with E-state index in [1.807, 2.05) is 0 Å². The number of rotatable bonds is 3. The Morgan fingerprint density at radius 1 is 1.19 bits per heavy atom. The number of fused-ring (bicyclic) bond motifs is 1. The summed E-state index contributed by atoms with van der Waals surface area (Å²) >= 11 is 0. The second-order valence-electron chi connectivity index (χ2n) is 5.63. The summed E-state index contributed by atoms with van der Waals surface area (Å²) < 4.78 is 55.8. The van der Waals surface area contributed by atoms with Gasteiger partial charge in [-0.15, -0.1) is 0 Å². The Morgan fingerprint density at radius 3 is 2.62 bits per heavy atom. The molecule has 1 atom stereocenters. The summed E-state index contributed by atoms with van der Waals surface area (Å²) in [5.41, 5.74) is 0.214. The molecule has 0 unspecified atom stereocenters. The maximum Gasteiger partial charge on any atom is 0.266 e. The number of nitriles is 1. The number of anilines is 1. The van der Waals surface area contributed by atoms with Gasteiger partial charge in [0.05, 0.1) is 11.8 Å². The SMILES string of the molecule is C[C@H](c1ccccc1F)c1c(F)ccc2c1NC(=NCC#N)NS2(=O)=O. The summed E-state index contributed by atoms with van der Waals surface area (Å²) in [5, 5.41) is 11.3. The van der Waals surface area contributed by atoms with Gasteiger partial charge >= 0.3 is 0 Å². The third-order valence-corrected chi connectivity index (χ3v) is 5.41. The van der Waals surface area contributed by atoms with Gasteiger partial charge in [0.2, 0.25) is 5.96 Å². The molecule has 0 bridgehead atoms. The van der Waals surface area contributed by atoms with Crippen LogP contribution in [-0.2, 0) is 10.0 Å². The Labute approximate surface area is 149 Å². The van der Waals surface area contributed by atoms with Gasteiger partial charge in [-0.05, 0) is 23.8 Å². The third-order valence-electron chi connectivity index (χ3n) is 4.03. The molecule has 134 valence electrons. The van der Waals surface area contributed by atoms with Crippen LogP contribution in [-0.4, -0.2) is 20.9 Å². The lowest BCUT2D eigenvalue weighted by molar-refractivity contribution is 0.577. The molecule has 0 amide bonds. The molecule has 9 heteroatoms. The largest absolute Gasteiger partial charge is 0.324 e. The molecule has 1 heterocycles. The van der Waals surface area contributed by atoms with Crippen LogP contribution >= 0.6 is 0 Å². The normalized spacial score (nSPS) is 17.5. The minimum Gasteiger partial charge on any atom is -0.324 e. The summed E-state index contributed by atoms with van der Waals surface area (Å²) in [4.78, 5) is 3.60. The topological polar surface area (TPSA) is 94.3 Å². The molecule has 0 saturated carbocycles. The van der Waals surface area contributed by atoms with Gasteiger partial charge in [-0.25, -0.2) is 26.9 Å². The first-order chi connectivity index (χ1) is 12.3. The van der Waals surface area contributed by atoms with Crippen molar-refractivity contribution < 1.29 is 17.2 Å². The molecule has 2 aromatic carbocycles. The fourth-order valence-corrected chi connectivity index (χ4v) is 4.00. The zero-order valence-electron chi connectivity index (χ0n) is 13.6. The number of nitrogens with one attached hydrogen (secondary N) is 2. The highest BCUT2D eigenvalue weighted by atomic mass is 32.2. The lowest BCUT2D eigenvalue weighted by Gasteiger charge is -2.26. The molecule has 1 aliphatic rings. The molecule has 1 aliphatic heterocycles. The molecule has 3 rings (SSSR count). The van der Waals surface area contributed by atoms with Gasteiger partial charge in [0.1, 0.15) is 23.1 Å². The molecule has 0 radical (unpaired) electrons. The third kappa shape index (κ3) is 3.11. The van der Waals surface area contributed by atoms with E-state index in [-0.39, 0.29) is 34.2 Å². The first-order valence-corrected chi connectivity index (χ1v) is 9.11. The highest BCUT2D eigenvalue weighted by Crippen LogP contribution is 2.38. The van der Waals surface area contributed by atoms with Crippen LogP contribution in [0.25, 0.3) is 0 Å². The average molecular weight is 376 g/mol. The molecule has 0 aliphatic carbocycles. The zero-order valence-corrected chi connectivity index (χ0v) is 14.4. The zero-order chi connectivity index (χ0) is 18.9. The fraction of sp³-hybridized carbons (Fsp3) is 0.176. The van der Waals surface area contributed by atoms with Crippen molar-refractivity contribution in [2.45, 2.75) is 17.7 Å². The summed E-state index contributed by atoms with van der Waals surface area (Å²) in [6.45, 7) is 1.30. The van der Waals surface area contributed by atoms with Crippen molar-refractivity contribution in [2.24, 2.45) is 4.99 Å². The van der Waals surface area contributed by atoms with E-state index in [4.69, 9.17) is 5.26 Å². The molecule has 0 saturated heterocycles. The number of benzene rings is 2. The predicted molar refractivity (Wildman–Crippen MR) is 92.2 cm³/mol. The van der Waals surface area contributed by atoms with Crippen LogP contribution in [0.3, 0.4) is 0 Å². The van der Waals surface area contributed by atoms with E-state index in [1.54, 1.807) is 19.1 Å². The molecule has 2 aromatic rings. The monoisotopic (exact) mass is 376 g/mol. The van der Waals surface area contributed by atoms with E-state index in [0.29, 0.717) is 0 Å². The number of sulfonamides is 1. The number of hydrogen-bond donors (Lipinski definition) is 2. The Bertz CT molecular complexity index is 1050. The lowest BCUT2D eigenvalue weighted by Crippen LogP contribution is -2.41. The Hall–Kier alpha value is -2.99. The standard InChI is InChI=1S/C17H14F2N4O2S/c1-10(11-4-2-3-5-12(11)18)15-13(19)6-7-14-16(15)22-17(21-9-8-20)23-26(14,24)25/h2-7,10H,9H2,1H3,(H2,21,22,23)/t10-/m1/s1. The number of nitrogens with zero attached hydrogens (tertiary/aromatic N) is 2. The van der Waals surface area contributed by atoms with Gasteiger partial charge in [0.15, 0.2) is 0 Å². The van der Waals surface area contributed by atoms with Gasteiger partial charge in [-0.1, -0.05) is 25.1 Å². The maximum atomic E-state index is 14.6. The molecular formula is C17H14F2N4O2S. The van der Waals surface area contributed by atoms with Gasteiger partial charge in [-0.3, -0.25) is 0 Å².